The number of carbonyl (C=O) groups excluding carboxylic acids is 4. The summed E-state index contributed by atoms with van der Waals surface area (Å²) in [7, 11) is 6.66. The Morgan fingerprint density at radius 1 is 0.922 bits per heavy atom. The molecule has 11 nitrogen and oxygen atoms in total. The molecule has 11 heteroatoms. The van der Waals surface area contributed by atoms with Crippen molar-refractivity contribution < 1.29 is 28.7 Å². The van der Waals surface area contributed by atoms with Crippen LogP contribution in [0, 0.1) is 23.7 Å². The molecular formula is C40H71N5O6. The summed E-state index contributed by atoms with van der Waals surface area (Å²) in [6.07, 6.45) is 2.06. The molecule has 0 saturated carbocycles. The molecule has 1 aliphatic rings. The average molecular weight is 718 g/mol. The van der Waals surface area contributed by atoms with Crippen molar-refractivity contribution in [2.75, 3.05) is 41.4 Å². The summed E-state index contributed by atoms with van der Waals surface area (Å²) < 4.78 is 11.9. The first-order valence-corrected chi connectivity index (χ1v) is 19.1. The highest BCUT2D eigenvalue weighted by atomic mass is 16.5. The number of likely N-dealkylation sites (N-methyl/N-ethyl adjacent to an activating group) is 2. The number of amides is 4. The predicted octanol–water partition coefficient (Wildman–Crippen LogP) is 4.68. The zero-order chi connectivity index (χ0) is 38.8. The second kappa shape index (κ2) is 23.5. The fourth-order valence-corrected chi connectivity index (χ4v) is 7.19. The number of rotatable bonds is 20. The third-order valence-electron chi connectivity index (χ3n) is 10.3. The minimum atomic E-state index is -0.738. The fraction of sp³-hybridized carbons (Fsp3) is 0.750. The summed E-state index contributed by atoms with van der Waals surface area (Å²) in [5.74, 6) is -1.19. The van der Waals surface area contributed by atoms with Crippen molar-refractivity contribution in [1.82, 2.24) is 25.8 Å². The molecule has 1 saturated heterocycles. The SMILES string of the molecule is CC.CC[C@H](C)[C@@H]([C@@H](CC(=O)N1CCC[C@H]1[C@H](OC)[C@@H](C)C(=O)NCCc1ccccc1)OC)N(C)C(=O)[C@@H](NC(=O)[C@@H](NC)C(C)C)C(C)C. The van der Waals surface area contributed by atoms with E-state index in [2.05, 4.69) is 29.8 Å². The number of methoxy groups -OCH3 is 2. The van der Waals surface area contributed by atoms with E-state index in [1.54, 1.807) is 33.2 Å². The van der Waals surface area contributed by atoms with Crippen LogP contribution >= 0.6 is 0 Å². The molecule has 2 rings (SSSR count). The predicted molar refractivity (Wildman–Crippen MR) is 205 cm³/mol. The molecule has 1 heterocycles. The number of likely N-dealkylation sites (tertiary alicyclic amines) is 1. The molecule has 0 spiro atoms. The zero-order valence-electron chi connectivity index (χ0n) is 34.0. The third-order valence-corrected chi connectivity index (χ3v) is 10.3. The van der Waals surface area contributed by atoms with Gasteiger partial charge in [-0.05, 0) is 49.6 Å². The van der Waals surface area contributed by atoms with Gasteiger partial charge in [0.15, 0.2) is 0 Å². The minimum Gasteiger partial charge on any atom is -0.379 e. The van der Waals surface area contributed by atoms with Crippen LogP contribution in [0.25, 0.3) is 0 Å². The van der Waals surface area contributed by atoms with Crippen molar-refractivity contribution in [1.29, 1.82) is 0 Å². The van der Waals surface area contributed by atoms with Crippen LogP contribution < -0.4 is 16.0 Å². The maximum atomic E-state index is 14.1. The minimum absolute atomic E-state index is 0.0108. The van der Waals surface area contributed by atoms with E-state index in [1.807, 2.05) is 83.7 Å². The summed E-state index contributed by atoms with van der Waals surface area (Å²) >= 11 is 0. The van der Waals surface area contributed by atoms with E-state index in [1.165, 1.54) is 0 Å². The summed E-state index contributed by atoms with van der Waals surface area (Å²) in [6, 6.07) is 8.17. The first-order valence-electron chi connectivity index (χ1n) is 19.1. The number of nitrogens with one attached hydrogen (secondary N) is 3. The Morgan fingerprint density at radius 2 is 1.53 bits per heavy atom. The van der Waals surface area contributed by atoms with E-state index in [-0.39, 0.29) is 53.8 Å². The third kappa shape index (κ3) is 13.2. The van der Waals surface area contributed by atoms with E-state index in [0.29, 0.717) is 13.1 Å². The van der Waals surface area contributed by atoms with Gasteiger partial charge in [-0.25, -0.2) is 0 Å². The van der Waals surface area contributed by atoms with Crippen molar-refractivity contribution in [3.8, 4) is 0 Å². The molecule has 1 fully saturated rings. The van der Waals surface area contributed by atoms with E-state index in [0.717, 1.165) is 31.2 Å². The Morgan fingerprint density at radius 3 is 2.04 bits per heavy atom. The molecule has 1 aromatic rings. The van der Waals surface area contributed by atoms with Crippen LogP contribution in [0.2, 0.25) is 0 Å². The van der Waals surface area contributed by atoms with Crippen LogP contribution in [-0.4, -0.2) is 111 Å². The lowest BCUT2D eigenvalue weighted by Crippen LogP contribution is -2.59. The second-order valence-corrected chi connectivity index (χ2v) is 14.4. The number of hydrogen-bond acceptors (Lipinski definition) is 7. The van der Waals surface area contributed by atoms with Gasteiger partial charge in [0.2, 0.25) is 23.6 Å². The Labute approximate surface area is 309 Å². The molecule has 0 radical (unpaired) electrons. The molecule has 0 unspecified atom stereocenters. The lowest BCUT2D eigenvalue weighted by molar-refractivity contribution is -0.147. The largest absolute Gasteiger partial charge is 0.379 e. The van der Waals surface area contributed by atoms with E-state index < -0.39 is 36.3 Å². The Bertz CT molecular complexity index is 1180. The van der Waals surface area contributed by atoms with Crippen molar-refractivity contribution in [3.05, 3.63) is 35.9 Å². The lowest BCUT2D eigenvalue weighted by atomic mass is 9.89. The number of hydrogen-bond donors (Lipinski definition) is 3. The maximum absolute atomic E-state index is 14.1. The molecule has 292 valence electrons. The summed E-state index contributed by atoms with van der Waals surface area (Å²) in [5.41, 5.74) is 1.15. The Kier molecular flexibility index (Phi) is 21.2. The highest BCUT2D eigenvalue weighted by molar-refractivity contribution is 5.90. The lowest BCUT2D eigenvalue weighted by Gasteiger charge is -2.41. The van der Waals surface area contributed by atoms with Gasteiger partial charge in [0, 0.05) is 34.4 Å². The first-order chi connectivity index (χ1) is 24.2. The summed E-state index contributed by atoms with van der Waals surface area (Å²) in [6.45, 7) is 18.8. The van der Waals surface area contributed by atoms with Crippen LogP contribution in [0.15, 0.2) is 30.3 Å². The van der Waals surface area contributed by atoms with Crippen LogP contribution in [0.3, 0.4) is 0 Å². The number of ether oxygens (including phenoxy) is 2. The van der Waals surface area contributed by atoms with Crippen molar-refractivity contribution >= 4 is 23.6 Å². The summed E-state index contributed by atoms with van der Waals surface area (Å²) in [5, 5.41) is 9.09. The highest BCUT2D eigenvalue weighted by Crippen LogP contribution is 2.29. The molecule has 8 atom stereocenters. The van der Waals surface area contributed by atoms with Crippen LogP contribution in [-0.2, 0) is 35.1 Å². The Balaban J connectivity index is 0.00000638. The maximum Gasteiger partial charge on any atom is 0.245 e. The highest BCUT2D eigenvalue weighted by Gasteiger charge is 2.43. The molecule has 3 N–H and O–H groups in total. The van der Waals surface area contributed by atoms with E-state index >= 15 is 0 Å². The van der Waals surface area contributed by atoms with Gasteiger partial charge in [-0.1, -0.05) is 99.1 Å². The van der Waals surface area contributed by atoms with Crippen LogP contribution in [0.1, 0.15) is 93.6 Å². The van der Waals surface area contributed by atoms with E-state index in [9.17, 15) is 19.2 Å². The standard InChI is InChI=1S/C38H65N5O6.C2H6/c1-12-26(6)34(42(9)38(47)33(25(4)5)41-37(46)32(39-8)24(2)3)30(48-10)23-31(44)43-22-16-19-29(43)35(49-11)27(7)36(45)40-21-20-28-17-14-13-15-18-28;1-2/h13-15,17-18,24-27,29-30,32-35,39H,12,16,19-23H2,1-11H3,(H,40,45)(H,41,46);1-2H3/t26-,27+,29-,30+,32-,33-,34-,35+;/m0./s1. The molecule has 0 aromatic heterocycles. The van der Waals surface area contributed by atoms with Gasteiger partial charge in [-0.3, -0.25) is 19.2 Å². The quantitative estimate of drug-likeness (QED) is 0.179. The molecular weight excluding hydrogens is 646 g/mol. The smallest absolute Gasteiger partial charge is 0.245 e. The summed E-state index contributed by atoms with van der Waals surface area (Å²) in [4.78, 5) is 58.0. The van der Waals surface area contributed by atoms with Gasteiger partial charge < -0.3 is 35.2 Å². The number of nitrogens with zero attached hydrogens (tertiary/aromatic N) is 2. The Hall–Kier alpha value is -3.02. The molecule has 51 heavy (non-hydrogen) atoms. The van der Waals surface area contributed by atoms with Gasteiger partial charge in [-0.2, -0.15) is 0 Å². The molecule has 0 bridgehead atoms. The molecule has 0 aliphatic carbocycles. The second-order valence-electron chi connectivity index (χ2n) is 14.4. The molecule has 4 amide bonds. The van der Waals surface area contributed by atoms with Gasteiger partial charge in [0.1, 0.15) is 6.04 Å². The number of benzene rings is 1. The first kappa shape index (κ1) is 46.0. The van der Waals surface area contributed by atoms with Gasteiger partial charge in [-0.15, -0.1) is 0 Å². The van der Waals surface area contributed by atoms with Crippen LogP contribution in [0.5, 0.6) is 0 Å². The zero-order valence-corrected chi connectivity index (χ0v) is 34.0. The van der Waals surface area contributed by atoms with Crippen molar-refractivity contribution in [3.63, 3.8) is 0 Å². The van der Waals surface area contributed by atoms with Gasteiger partial charge in [0.25, 0.3) is 0 Å². The molecule has 1 aliphatic heterocycles. The topological polar surface area (TPSA) is 129 Å². The average Bonchev–Trinajstić information content (AvgIpc) is 3.61. The van der Waals surface area contributed by atoms with Gasteiger partial charge >= 0.3 is 0 Å². The van der Waals surface area contributed by atoms with Gasteiger partial charge in [0.05, 0.1) is 42.7 Å². The van der Waals surface area contributed by atoms with Crippen LogP contribution in [0.4, 0.5) is 0 Å². The fourth-order valence-electron chi connectivity index (χ4n) is 7.19. The monoisotopic (exact) mass is 718 g/mol. The van der Waals surface area contributed by atoms with E-state index in [4.69, 9.17) is 9.47 Å². The molecule has 1 aromatic carbocycles. The van der Waals surface area contributed by atoms with Crippen molar-refractivity contribution in [2.45, 2.75) is 131 Å². The number of carbonyl (C=O) groups is 4. The van der Waals surface area contributed by atoms with Crippen molar-refractivity contribution in [2.24, 2.45) is 23.7 Å². The normalized spacial score (nSPS) is 18.5.